The Morgan fingerprint density at radius 2 is 1.63 bits per heavy atom. The summed E-state index contributed by atoms with van der Waals surface area (Å²) in [6.45, 7) is -0.756. The molecule has 11 heteroatoms. The van der Waals surface area contributed by atoms with E-state index in [9.17, 15) is 23.2 Å². The fourth-order valence-corrected chi connectivity index (χ4v) is 4.62. The lowest BCUT2D eigenvalue weighted by atomic mass is 10.1. The molecule has 0 unspecified atom stereocenters. The molecule has 0 fully saturated rings. The predicted molar refractivity (Wildman–Crippen MR) is 144 cm³/mol. The van der Waals surface area contributed by atoms with E-state index in [0.717, 1.165) is 23.4 Å². The highest BCUT2D eigenvalue weighted by atomic mass is 19.2. The number of carbonyl (C=O) groups is 3. The van der Waals surface area contributed by atoms with Crippen molar-refractivity contribution in [2.75, 3.05) is 25.5 Å². The summed E-state index contributed by atoms with van der Waals surface area (Å²) >= 11 is 0. The van der Waals surface area contributed by atoms with Crippen LogP contribution in [0.1, 0.15) is 21.7 Å². The van der Waals surface area contributed by atoms with Crippen molar-refractivity contribution in [3.05, 3.63) is 108 Å². The van der Waals surface area contributed by atoms with E-state index in [1.807, 2.05) is 24.3 Å². The standard InChI is InChI=1S/C30H26F2N4O5/c1-35(22-12-19-4-2-3-5-20(19)13-22)29(38)17-36(30(39)27-15-33-18-40-27)16-28(37)34-21-6-8-23(9-7-21)41-24-10-11-25(31)26(32)14-24/h2-11,14-15,18,22H,12-13,16-17H2,1H3,(H,34,37). The topological polar surface area (TPSA) is 105 Å². The van der Waals surface area contributed by atoms with Crippen LogP contribution in [0.4, 0.5) is 14.5 Å². The molecule has 4 aromatic rings. The predicted octanol–water partition coefficient (Wildman–Crippen LogP) is 4.45. The van der Waals surface area contributed by atoms with E-state index in [-0.39, 0.29) is 30.0 Å². The number of rotatable bonds is 9. The van der Waals surface area contributed by atoms with Crippen LogP contribution in [-0.4, -0.2) is 58.7 Å². The summed E-state index contributed by atoms with van der Waals surface area (Å²) in [6.07, 6.45) is 3.75. The van der Waals surface area contributed by atoms with Gasteiger partial charge in [0, 0.05) is 24.8 Å². The van der Waals surface area contributed by atoms with Crippen molar-refractivity contribution in [2.45, 2.75) is 18.9 Å². The maximum atomic E-state index is 13.4. The Morgan fingerprint density at radius 3 is 2.27 bits per heavy atom. The molecule has 0 aliphatic heterocycles. The molecule has 3 aromatic carbocycles. The first-order valence-corrected chi connectivity index (χ1v) is 12.8. The lowest BCUT2D eigenvalue weighted by molar-refractivity contribution is -0.132. The third kappa shape index (κ3) is 6.57. The van der Waals surface area contributed by atoms with Gasteiger partial charge in [0.2, 0.25) is 17.6 Å². The lowest BCUT2D eigenvalue weighted by Gasteiger charge is -2.28. The van der Waals surface area contributed by atoms with Crippen molar-refractivity contribution in [3.63, 3.8) is 0 Å². The molecular formula is C30H26F2N4O5. The van der Waals surface area contributed by atoms with Gasteiger partial charge in [-0.25, -0.2) is 13.8 Å². The van der Waals surface area contributed by atoms with Crippen LogP contribution in [0.25, 0.3) is 0 Å². The van der Waals surface area contributed by atoms with Crippen LogP contribution in [0.2, 0.25) is 0 Å². The third-order valence-corrected chi connectivity index (χ3v) is 6.83. The Kier molecular flexibility index (Phi) is 8.04. The van der Waals surface area contributed by atoms with Crippen LogP contribution in [0.3, 0.4) is 0 Å². The highest BCUT2D eigenvalue weighted by molar-refractivity contribution is 5.99. The molecular weight excluding hydrogens is 534 g/mol. The number of halogens is 2. The Hall–Kier alpha value is -5.06. The number of fused-ring (bicyclic) bond motifs is 1. The number of aromatic nitrogens is 1. The molecule has 1 aliphatic rings. The molecule has 1 heterocycles. The van der Waals surface area contributed by atoms with Crippen LogP contribution in [-0.2, 0) is 22.4 Å². The number of nitrogens with one attached hydrogen (secondary N) is 1. The molecule has 41 heavy (non-hydrogen) atoms. The lowest BCUT2D eigenvalue weighted by Crippen LogP contribution is -2.47. The Bertz CT molecular complexity index is 1530. The molecule has 0 saturated heterocycles. The zero-order chi connectivity index (χ0) is 28.9. The summed E-state index contributed by atoms with van der Waals surface area (Å²) in [5, 5.41) is 2.68. The molecule has 0 atom stereocenters. The van der Waals surface area contributed by atoms with Gasteiger partial charge >= 0.3 is 0 Å². The zero-order valence-electron chi connectivity index (χ0n) is 22.1. The molecule has 0 spiro atoms. The van der Waals surface area contributed by atoms with Crippen LogP contribution >= 0.6 is 0 Å². The summed E-state index contributed by atoms with van der Waals surface area (Å²) in [6, 6.07) is 17.3. The number of oxazole rings is 1. The molecule has 1 N–H and O–H groups in total. The van der Waals surface area contributed by atoms with Crippen molar-refractivity contribution in [1.82, 2.24) is 14.8 Å². The molecule has 5 rings (SSSR count). The SMILES string of the molecule is CN(C(=O)CN(CC(=O)Nc1ccc(Oc2ccc(F)c(F)c2)cc1)C(=O)c1cnco1)C1Cc2ccccc2C1. The van der Waals surface area contributed by atoms with Crippen LogP contribution in [0.15, 0.2) is 83.7 Å². The monoisotopic (exact) mass is 560 g/mol. The smallest absolute Gasteiger partial charge is 0.292 e. The van der Waals surface area contributed by atoms with Gasteiger partial charge in [0.15, 0.2) is 18.0 Å². The summed E-state index contributed by atoms with van der Waals surface area (Å²) in [5.41, 5.74) is 2.77. The van der Waals surface area contributed by atoms with E-state index in [2.05, 4.69) is 10.3 Å². The maximum Gasteiger partial charge on any atom is 0.292 e. The molecule has 3 amide bonds. The second-order valence-electron chi connectivity index (χ2n) is 9.61. The van der Waals surface area contributed by atoms with E-state index >= 15 is 0 Å². The summed E-state index contributed by atoms with van der Waals surface area (Å²) in [7, 11) is 1.69. The molecule has 210 valence electrons. The summed E-state index contributed by atoms with van der Waals surface area (Å²) in [4.78, 5) is 45.7. The first-order chi connectivity index (χ1) is 19.8. The van der Waals surface area contributed by atoms with E-state index in [4.69, 9.17) is 9.15 Å². The van der Waals surface area contributed by atoms with Gasteiger partial charge in [0.1, 0.15) is 24.6 Å². The molecule has 1 aromatic heterocycles. The van der Waals surface area contributed by atoms with Crippen molar-refractivity contribution in [2.24, 2.45) is 0 Å². The fraction of sp³-hybridized carbons (Fsp3) is 0.200. The second-order valence-corrected chi connectivity index (χ2v) is 9.61. The third-order valence-electron chi connectivity index (χ3n) is 6.83. The number of amides is 3. The van der Waals surface area contributed by atoms with Gasteiger partial charge < -0.3 is 24.3 Å². The Labute approximate surface area is 234 Å². The van der Waals surface area contributed by atoms with Crippen LogP contribution < -0.4 is 10.1 Å². The first kappa shape index (κ1) is 27.5. The normalized spacial score (nSPS) is 12.5. The van der Waals surface area contributed by atoms with Crippen molar-refractivity contribution in [1.29, 1.82) is 0 Å². The van der Waals surface area contributed by atoms with Crippen LogP contribution in [0, 0.1) is 11.6 Å². The number of benzene rings is 3. The van der Waals surface area contributed by atoms with E-state index in [0.29, 0.717) is 24.3 Å². The average Bonchev–Trinajstić information content (AvgIpc) is 3.65. The number of nitrogens with zero attached hydrogens (tertiary/aromatic N) is 3. The van der Waals surface area contributed by atoms with Gasteiger partial charge in [-0.2, -0.15) is 0 Å². The van der Waals surface area contributed by atoms with Gasteiger partial charge in [-0.15, -0.1) is 0 Å². The van der Waals surface area contributed by atoms with E-state index in [1.165, 1.54) is 35.5 Å². The number of hydrogen-bond donors (Lipinski definition) is 1. The van der Waals surface area contributed by atoms with Crippen molar-refractivity contribution in [3.8, 4) is 11.5 Å². The zero-order valence-corrected chi connectivity index (χ0v) is 22.1. The Balaban J connectivity index is 1.22. The number of anilines is 1. The van der Waals surface area contributed by atoms with Crippen LogP contribution in [0.5, 0.6) is 11.5 Å². The Morgan fingerprint density at radius 1 is 0.951 bits per heavy atom. The van der Waals surface area contributed by atoms with E-state index in [1.54, 1.807) is 24.1 Å². The van der Waals surface area contributed by atoms with Gasteiger partial charge in [-0.1, -0.05) is 24.3 Å². The number of ether oxygens (including phenoxy) is 1. The quantitative estimate of drug-likeness (QED) is 0.324. The summed E-state index contributed by atoms with van der Waals surface area (Å²) < 4.78 is 37.2. The first-order valence-electron chi connectivity index (χ1n) is 12.8. The fourth-order valence-electron chi connectivity index (χ4n) is 4.62. The average molecular weight is 561 g/mol. The molecule has 1 aliphatic carbocycles. The van der Waals surface area contributed by atoms with Gasteiger partial charge in [0.25, 0.3) is 5.91 Å². The van der Waals surface area contributed by atoms with Crippen molar-refractivity contribution >= 4 is 23.4 Å². The largest absolute Gasteiger partial charge is 0.457 e. The minimum Gasteiger partial charge on any atom is -0.457 e. The molecule has 9 nitrogen and oxygen atoms in total. The van der Waals surface area contributed by atoms with Crippen molar-refractivity contribution < 1.29 is 32.3 Å². The molecule has 0 saturated carbocycles. The van der Waals surface area contributed by atoms with Gasteiger partial charge in [-0.05, 0) is 60.4 Å². The maximum absolute atomic E-state index is 13.4. The minimum absolute atomic E-state index is 0.0527. The summed E-state index contributed by atoms with van der Waals surface area (Å²) in [5.74, 6) is -3.18. The molecule has 0 radical (unpaired) electrons. The van der Waals surface area contributed by atoms with E-state index < -0.39 is 30.0 Å². The number of likely N-dealkylation sites (N-methyl/N-ethyl adjacent to an activating group) is 1. The number of carbonyl (C=O) groups excluding carboxylic acids is 3. The number of hydrogen-bond acceptors (Lipinski definition) is 6. The molecule has 0 bridgehead atoms. The van der Waals surface area contributed by atoms with Gasteiger partial charge in [-0.3, -0.25) is 14.4 Å². The minimum atomic E-state index is -1.03. The van der Waals surface area contributed by atoms with Gasteiger partial charge in [0.05, 0.1) is 6.20 Å². The second kappa shape index (κ2) is 12.0. The highest BCUT2D eigenvalue weighted by Gasteiger charge is 2.30. The highest BCUT2D eigenvalue weighted by Crippen LogP contribution is 2.26.